The molecule has 1 amide bonds. The van der Waals surface area contributed by atoms with Gasteiger partial charge in [-0.2, -0.15) is 0 Å². The van der Waals surface area contributed by atoms with Crippen LogP contribution in [-0.2, 0) is 4.79 Å². The van der Waals surface area contributed by atoms with Crippen molar-refractivity contribution >= 4 is 40.5 Å². The number of amides is 1. The Balaban J connectivity index is 1.56. The fraction of sp³-hybridized carbons (Fsp3) is 0.316. The summed E-state index contributed by atoms with van der Waals surface area (Å²) < 4.78 is 0. The quantitative estimate of drug-likeness (QED) is 0.857. The number of nitrogens with zero attached hydrogens (tertiary/aromatic N) is 1. The van der Waals surface area contributed by atoms with Crippen molar-refractivity contribution < 1.29 is 9.69 Å². The first kappa shape index (κ1) is 18.1. The van der Waals surface area contributed by atoms with Gasteiger partial charge in [0.05, 0.1) is 36.9 Å². The number of benzene rings is 2. The maximum atomic E-state index is 12.6. The van der Waals surface area contributed by atoms with E-state index in [1.54, 1.807) is 18.2 Å². The Bertz CT molecular complexity index is 731. The van der Waals surface area contributed by atoms with Crippen molar-refractivity contribution in [2.75, 3.05) is 36.4 Å². The third-order valence-corrected chi connectivity index (χ3v) is 5.27. The zero-order chi connectivity index (χ0) is 17.8. The number of halogens is 2. The number of nitrogens with one attached hydrogen (secondary N) is 2. The molecule has 1 aliphatic heterocycles. The van der Waals surface area contributed by atoms with E-state index in [4.69, 9.17) is 23.2 Å². The predicted octanol–water partition coefficient (Wildman–Crippen LogP) is 2.73. The van der Waals surface area contributed by atoms with Crippen LogP contribution in [0.5, 0.6) is 0 Å². The van der Waals surface area contributed by atoms with E-state index in [-0.39, 0.29) is 11.9 Å². The van der Waals surface area contributed by atoms with Gasteiger partial charge in [0.15, 0.2) is 6.04 Å². The molecule has 0 saturated carbocycles. The number of carbonyl (C=O) groups is 1. The van der Waals surface area contributed by atoms with E-state index in [0.717, 1.165) is 26.2 Å². The van der Waals surface area contributed by atoms with Crippen molar-refractivity contribution in [3.63, 3.8) is 0 Å². The third-order valence-electron chi connectivity index (χ3n) is 4.72. The molecule has 132 valence electrons. The first-order valence-electron chi connectivity index (χ1n) is 8.45. The largest absolute Gasteiger partial charge is 0.360 e. The highest BCUT2D eigenvalue weighted by atomic mass is 35.5. The second kappa shape index (κ2) is 8.09. The maximum Gasteiger partial charge on any atom is 0.282 e. The molecular weight excluding hydrogens is 357 g/mol. The maximum absolute atomic E-state index is 12.6. The first-order valence-corrected chi connectivity index (χ1v) is 9.20. The molecule has 1 atom stereocenters. The summed E-state index contributed by atoms with van der Waals surface area (Å²) in [6.07, 6.45) is 0. The number of para-hydroxylation sites is 1. The van der Waals surface area contributed by atoms with Crippen molar-refractivity contribution in [3.8, 4) is 0 Å². The highest BCUT2D eigenvalue weighted by molar-refractivity contribution is 6.36. The van der Waals surface area contributed by atoms with Gasteiger partial charge in [-0.1, -0.05) is 41.4 Å². The number of hydrogen-bond acceptors (Lipinski definition) is 2. The summed E-state index contributed by atoms with van der Waals surface area (Å²) in [5.74, 6) is -0.0209. The SMILES string of the molecule is C[C@@H](C(=O)Nc1ccc(Cl)cc1Cl)[NH+]1CCN(c2ccccc2)CC1. The Morgan fingerprint density at radius 3 is 2.44 bits per heavy atom. The fourth-order valence-electron chi connectivity index (χ4n) is 3.14. The lowest BCUT2D eigenvalue weighted by atomic mass is 10.2. The third kappa shape index (κ3) is 4.46. The Morgan fingerprint density at radius 2 is 1.80 bits per heavy atom. The van der Waals surface area contributed by atoms with E-state index in [1.807, 2.05) is 13.0 Å². The summed E-state index contributed by atoms with van der Waals surface area (Å²) in [7, 11) is 0. The molecule has 25 heavy (non-hydrogen) atoms. The number of carbonyl (C=O) groups excluding carboxylic acids is 1. The van der Waals surface area contributed by atoms with Gasteiger partial charge in [0, 0.05) is 10.7 Å². The molecule has 3 rings (SSSR count). The number of quaternary nitrogens is 1. The highest BCUT2D eigenvalue weighted by Crippen LogP contribution is 2.25. The standard InChI is InChI=1S/C19H21Cl2N3O/c1-14(19(25)22-18-8-7-15(20)13-17(18)21)23-9-11-24(12-10-23)16-5-3-2-4-6-16/h2-8,13-14H,9-12H2,1H3,(H,22,25)/p+1/t14-/m0/s1. The lowest BCUT2D eigenvalue weighted by Crippen LogP contribution is -3.19. The van der Waals surface area contributed by atoms with E-state index in [9.17, 15) is 4.79 Å². The van der Waals surface area contributed by atoms with Crippen LogP contribution in [0.25, 0.3) is 0 Å². The molecule has 2 aromatic rings. The van der Waals surface area contributed by atoms with Crippen molar-refractivity contribution in [1.29, 1.82) is 0 Å². The molecule has 1 heterocycles. The second-order valence-corrected chi connectivity index (χ2v) is 7.16. The summed E-state index contributed by atoms with van der Waals surface area (Å²) in [4.78, 5) is 16.2. The van der Waals surface area contributed by atoms with Gasteiger partial charge < -0.3 is 15.1 Å². The van der Waals surface area contributed by atoms with Crippen molar-refractivity contribution in [3.05, 3.63) is 58.6 Å². The molecule has 0 aromatic heterocycles. The summed E-state index contributed by atoms with van der Waals surface area (Å²) in [6.45, 7) is 5.71. The predicted molar refractivity (Wildman–Crippen MR) is 104 cm³/mol. The Hall–Kier alpha value is -1.75. The number of piperazine rings is 1. The molecule has 1 saturated heterocycles. The molecule has 6 heteroatoms. The van der Waals surface area contributed by atoms with Crippen LogP contribution in [-0.4, -0.2) is 38.1 Å². The molecule has 0 bridgehead atoms. The van der Waals surface area contributed by atoms with Crippen LogP contribution < -0.4 is 15.1 Å². The lowest BCUT2D eigenvalue weighted by Gasteiger charge is -2.36. The highest BCUT2D eigenvalue weighted by Gasteiger charge is 2.29. The zero-order valence-corrected chi connectivity index (χ0v) is 15.6. The monoisotopic (exact) mass is 378 g/mol. The first-order chi connectivity index (χ1) is 12.0. The smallest absolute Gasteiger partial charge is 0.282 e. The molecule has 2 aromatic carbocycles. The van der Waals surface area contributed by atoms with Crippen molar-refractivity contribution in [2.24, 2.45) is 0 Å². The molecule has 0 aliphatic carbocycles. The normalized spacial score (nSPS) is 16.5. The Morgan fingerprint density at radius 1 is 1.12 bits per heavy atom. The number of rotatable bonds is 4. The van der Waals surface area contributed by atoms with Crippen molar-refractivity contribution in [2.45, 2.75) is 13.0 Å². The van der Waals surface area contributed by atoms with Crippen LogP contribution in [0.15, 0.2) is 48.5 Å². The number of anilines is 2. The Kier molecular flexibility index (Phi) is 5.84. The van der Waals surface area contributed by atoms with Gasteiger partial charge in [-0.15, -0.1) is 0 Å². The molecule has 2 N–H and O–H groups in total. The second-order valence-electron chi connectivity index (χ2n) is 6.32. The van der Waals surface area contributed by atoms with E-state index in [1.165, 1.54) is 10.6 Å². The molecule has 4 nitrogen and oxygen atoms in total. The number of hydrogen-bond donors (Lipinski definition) is 2. The Labute approximate surface area is 158 Å². The van der Waals surface area contributed by atoms with Gasteiger partial charge in [0.25, 0.3) is 5.91 Å². The average Bonchev–Trinajstić information content (AvgIpc) is 2.64. The minimum atomic E-state index is -0.135. The average molecular weight is 379 g/mol. The summed E-state index contributed by atoms with van der Waals surface area (Å²) >= 11 is 12.0. The summed E-state index contributed by atoms with van der Waals surface area (Å²) in [5.41, 5.74) is 1.84. The molecule has 1 aliphatic rings. The minimum absolute atomic E-state index is 0.0209. The van der Waals surface area contributed by atoms with Crippen LogP contribution in [0.2, 0.25) is 10.0 Å². The van der Waals surface area contributed by atoms with Gasteiger partial charge >= 0.3 is 0 Å². The van der Waals surface area contributed by atoms with Crippen LogP contribution in [0.4, 0.5) is 11.4 Å². The fourth-order valence-corrected chi connectivity index (χ4v) is 3.60. The summed E-state index contributed by atoms with van der Waals surface area (Å²) in [6, 6.07) is 15.4. The van der Waals surface area contributed by atoms with Crippen LogP contribution in [0.1, 0.15) is 6.92 Å². The van der Waals surface area contributed by atoms with Crippen molar-refractivity contribution in [1.82, 2.24) is 0 Å². The van der Waals surface area contributed by atoms with E-state index in [0.29, 0.717) is 15.7 Å². The van der Waals surface area contributed by atoms with Gasteiger partial charge in [0.2, 0.25) is 0 Å². The van der Waals surface area contributed by atoms with Crippen LogP contribution in [0.3, 0.4) is 0 Å². The molecule has 0 unspecified atom stereocenters. The van der Waals surface area contributed by atoms with Crippen LogP contribution in [0, 0.1) is 0 Å². The topological polar surface area (TPSA) is 36.8 Å². The van der Waals surface area contributed by atoms with Gasteiger partial charge in [-0.25, -0.2) is 0 Å². The molecule has 1 fully saturated rings. The van der Waals surface area contributed by atoms with E-state index >= 15 is 0 Å². The van der Waals surface area contributed by atoms with E-state index < -0.39 is 0 Å². The molecule has 0 radical (unpaired) electrons. The van der Waals surface area contributed by atoms with Gasteiger partial charge in [0.1, 0.15) is 0 Å². The minimum Gasteiger partial charge on any atom is -0.360 e. The molecular formula is C19H22Cl2N3O+. The molecule has 0 spiro atoms. The lowest BCUT2D eigenvalue weighted by molar-refractivity contribution is -0.914. The van der Waals surface area contributed by atoms with Gasteiger partial charge in [-0.3, -0.25) is 4.79 Å². The zero-order valence-electron chi connectivity index (χ0n) is 14.1. The van der Waals surface area contributed by atoms with E-state index in [2.05, 4.69) is 34.5 Å². The summed E-state index contributed by atoms with van der Waals surface area (Å²) in [5, 5.41) is 3.92. The van der Waals surface area contributed by atoms with Crippen LogP contribution >= 0.6 is 23.2 Å². The van der Waals surface area contributed by atoms with Gasteiger partial charge in [-0.05, 0) is 37.3 Å².